The molecule has 162 valence electrons. The summed E-state index contributed by atoms with van der Waals surface area (Å²) in [5.41, 5.74) is 2.32. The number of ether oxygens (including phenoxy) is 2. The molecule has 0 spiro atoms. The number of pyridine rings is 1. The first-order valence-electron chi connectivity index (χ1n) is 9.39. The minimum absolute atomic E-state index is 0.0156. The van der Waals surface area contributed by atoms with E-state index in [4.69, 9.17) is 9.47 Å². The van der Waals surface area contributed by atoms with Crippen molar-refractivity contribution < 1.29 is 22.7 Å². The fourth-order valence-corrected chi connectivity index (χ4v) is 3.59. The second kappa shape index (κ2) is 9.59. The van der Waals surface area contributed by atoms with E-state index in [1.54, 1.807) is 43.6 Å². The number of aryl methyl sites for hydroxylation is 1. The van der Waals surface area contributed by atoms with Crippen molar-refractivity contribution >= 4 is 21.6 Å². The first kappa shape index (κ1) is 22.3. The predicted octanol–water partition coefficient (Wildman–Crippen LogP) is 3.14. The highest BCUT2D eigenvalue weighted by Crippen LogP contribution is 2.31. The molecule has 0 bridgehead atoms. The zero-order valence-corrected chi connectivity index (χ0v) is 18.2. The van der Waals surface area contributed by atoms with E-state index in [9.17, 15) is 13.2 Å². The average Bonchev–Trinajstić information content (AvgIpc) is 2.78. The van der Waals surface area contributed by atoms with Gasteiger partial charge < -0.3 is 14.8 Å². The zero-order chi connectivity index (χ0) is 22.4. The standard InChI is InChI=1S/C22H23N3O5S/c1-15-4-6-18(31(27,28)23-2)13-19(15)22(26)25-17-5-7-20(29-3)21(12-17)30-14-16-8-10-24-11-9-16/h4-13,23H,14H2,1-3H3,(H,25,26). The molecule has 3 rings (SSSR count). The van der Waals surface area contributed by atoms with Gasteiger partial charge in [0.05, 0.1) is 12.0 Å². The van der Waals surface area contributed by atoms with Gasteiger partial charge in [-0.15, -0.1) is 0 Å². The highest BCUT2D eigenvalue weighted by atomic mass is 32.2. The van der Waals surface area contributed by atoms with Crippen LogP contribution < -0.4 is 19.5 Å². The molecule has 0 saturated heterocycles. The van der Waals surface area contributed by atoms with Crippen LogP contribution in [0.3, 0.4) is 0 Å². The number of anilines is 1. The van der Waals surface area contributed by atoms with Gasteiger partial charge in [-0.3, -0.25) is 9.78 Å². The number of amides is 1. The molecule has 2 N–H and O–H groups in total. The van der Waals surface area contributed by atoms with Gasteiger partial charge in [0.2, 0.25) is 10.0 Å². The predicted molar refractivity (Wildman–Crippen MR) is 117 cm³/mol. The van der Waals surface area contributed by atoms with E-state index in [1.165, 1.54) is 26.3 Å². The van der Waals surface area contributed by atoms with E-state index in [1.807, 2.05) is 12.1 Å². The number of nitrogens with one attached hydrogen (secondary N) is 2. The number of nitrogens with zero attached hydrogens (tertiary/aromatic N) is 1. The van der Waals surface area contributed by atoms with Crippen LogP contribution in [0, 0.1) is 6.92 Å². The van der Waals surface area contributed by atoms with Crippen molar-refractivity contribution in [3.63, 3.8) is 0 Å². The average molecular weight is 442 g/mol. The largest absolute Gasteiger partial charge is 0.493 e. The number of hydrogen-bond donors (Lipinski definition) is 2. The van der Waals surface area contributed by atoms with Crippen molar-refractivity contribution in [3.8, 4) is 11.5 Å². The van der Waals surface area contributed by atoms with Crippen LogP contribution in [-0.2, 0) is 16.6 Å². The molecular weight excluding hydrogens is 418 g/mol. The lowest BCUT2D eigenvalue weighted by molar-refractivity contribution is 0.102. The highest BCUT2D eigenvalue weighted by Gasteiger charge is 2.17. The Morgan fingerprint density at radius 2 is 1.77 bits per heavy atom. The maximum Gasteiger partial charge on any atom is 0.255 e. The van der Waals surface area contributed by atoms with E-state index in [-0.39, 0.29) is 10.5 Å². The maximum absolute atomic E-state index is 12.8. The topological polar surface area (TPSA) is 107 Å². The van der Waals surface area contributed by atoms with Crippen molar-refractivity contribution in [2.75, 3.05) is 19.5 Å². The van der Waals surface area contributed by atoms with Crippen LogP contribution in [0.1, 0.15) is 21.5 Å². The molecule has 1 heterocycles. The third-order valence-electron chi connectivity index (χ3n) is 4.60. The molecular formula is C22H23N3O5S. The number of carbonyl (C=O) groups is 1. The third kappa shape index (κ3) is 5.39. The van der Waals surface area contributed by atoms with Crippen LogP contribution in [0.4, 0.5) is 5.69 Å². The first-order chi connectivity index (χ1) is 14.8. The highest BCUT2D eigenvalue weighted by molar-refractivity contribution is 7.89. The Labute approximate surface area is 181 Å². The molecule has 0 aliphatic heterocycles. The summed E-state index contributed by atoms with van der Waals surface area (Å²) in [5.74, 6) is 0.543. The number of benzene rings is 2. The fraction of sp³-hybridized carbons (Fsp3) is 0.182. The summed E-state index contributed by atoms with van der Waals surface area (Å²) in [4.78, 5) is 16.8. The summed E-state index contributed by atoms with van der Waals surface area (Å²) >= 11 is 0. The monoisotopic (exact) mass is 441 g/mol. The molecule has 3 aromatic rings. The van der Waals surface area contributed by atoms with Crippen molar-refractivity contribution in [1.29, 1.82) is 0 Å². The first-order valence-corrected chi connectivity index (χ1v) is 10.9. The number of rotatable bonds is 8. The van der Waals surface area contributed by atoms with Crippen molar-refractivity contribution in [2.45, 2.75) is 18.4 Å². The minimum Gasteiger partial charge on any atom is -0.493 e. The van der Waals surface area contributed by atoms with Crippen molar-refractivity contribution in [3.05, 3.63) is 77.6 Å². The van der Waals surface area contributed by atoms with Gasteiger partial charge in [-0.25, -0.2) is 13.1 Å². The molecule has 31 heavy (non-hydrogen) atoms. The SMILES string of the molecule is CNS(=O)(=O)c1ccc(C)c(C(=O)Nc2ccc(OC)c(OCc3ccncc3)c2)c1. The van der Waals surface area contributed by atoms with Crippen LogP contribution in [0.5, 0.6) is 11.5 Å². The molecule has 8 nitrogen and oxygen atoms in total. The second-order valence-corrected chi connectivity index (χ2v) is 8.53. The summed E-state index contributed by atoms with van der Waals surface area (Å²) in [6.07, 6.45) is 3.36. The van der Waals surface area contributed by atoms with Crippen LogP contribution >= 0.6 is 0 Å². The normalized spacial score (nSPS) is 11.1. The summed E-state index contributed by atoms with van der Waals surface area (Å²) in [5, 5.41) is 2.79. The Bertz CT molecular complexity index is 1180. The molecule has 0 aliphatic rings. The Morgan fingerprint density at radius 1 is 1.03 bits per heavy atom. The summed E-state index contributed by atoms with van der Waals surface area (Å²) in [6.45, 7) is 2.04. The quantitative estimate of drug-likeness (QED) is 0.556. The van der Waals surface area contributed by atoms with E-state index in [2.05, 4.69) is 15.0 Å². The smallest absolute Gasteiger partial charge is 0.255 e. The van der Waals surface area contributed by atoms with Gasteiger partial charge >= 0.3 is 0 Å². The maximum atomic E-state index is 12.8. The Hall–Kier alpha value is -3.43. The molecule has 1 amide bonds. The van der Waals surface area contributed by atoms with E-state index in [0.29, 0.717) is 29.4 Å². The number of carbonyl (C=O) groups excluding carboxylic acids is 1. The van der Waals surface area contributed by atoms with Crippen LogP contribution in [0.2, 0.25) is 0 Å². The Balaban J connectivity index is 1.82. The van der Waals surface area contributed by atoms with Gasteiger partial charge in [0, 0.05) is 29.7 Å². The number of sulfonamides is 1. The van der Waals surface area contributed by atoms with Gasteiger partial charge in [0.15, 0.2) is 11.5 Å². The molecule has 0 fully saturated rings. The lowest BCUT2D eigenvalue weighted by Gasteiger charge is -2.14. The zero-order valence-electron chi connectivity index (χ0n) is 17.4. The van der Waals surface area contributed by atoms with E-state index >= 15 is 0 Å². The van der Waals surface area contributed by atoms with Gasteiger partial charge in [-0.2, -0.15) is 0 Å². The summed E-state index contributed by atoms with van der Waals surface area (Å²) in [6, 6.07) is 13.1. The molecule has 0 saturated carbocycles. The van der Waals surface area contributed by atoms with E-state index in [0.717, 1.165) is 5.56 Å². The molecule has 1 aromatic heterocycles. The number of methoxy groups -OCH3 is 1. The molecule has 2 aromatic carbocycles. The van der Waals surface area contributed by atoms with Gasteiger partial charge in [-0.05, 0) is 61.5 Å². The molecule has 0 radical (unpaired) electrons. The number of aromatic nitrogens is 1. The van der Waals surface area contributed by atoms with Gasteiger partial charge in [0.1, 0.15) is 6.61 Å². The van der Waals surface area contributed by atoms with Crippen molar-refractivity contribution in [1.82, 2.24) is 9.71 Å². The van der Waals surface area contributed by atoms with Gasteiger partial charge in [-0.1, -0.05) is 6.07 Å². The molecule has 9 heteroatoms. The molecule has 0 atom stereocenters. The Morgan fingerprint density at radius 3 is 2.45 bits per heavy atom. The van der Waals surface area contributed by atoms with Crippen LogP contribution in [-0.4, -0.2) is 33.5 Å². The third-order valence-corrected chi connectivity index (χ3v) is 6.01. The second-order valence-electron chi connectivity index (χ2n) is 6.65. The van der Waals surface area contributed by atoms with Crippen molar-refractivity contribution in [2.24, 2.45) is 0 Å². The number of hydrogen-bond acceptors (Lipinski definition) is 6. The molecule has 0 aliphatic carbocycles. The van der Waals surface area contributed by atoms with Crippen LogP contribution in [0.15, 0.2) is 65.8 Å². The van der Waals surface area contributed by atoms with E-state index < -0.39 is 15.9 Å². The van der Waals surface area contributed by atoms with Gasteiger partial charge in [0.25, 0.3) is 5.91 Å². The van der Waals surface area contributed by atoms with Crippen LogP contribution in [0.25, 0.3) is 0 Å². The Kier molecular flexibility index (Phi) is 6.88. The minimum atomic E-state index is -3.66. The lowest BCUT2D eigenvalue weighted by Crippen LogP contribution is -2.20. The fourth-order valence-electron chi connectivity index (χ4n) is 2.84. The summed E-state index contributed by atoms with van der Waals surface area (Å²) in [7, 11) is -0.813. The molecule has 0 unspecified atom stereocenters. The lowest BCUT2D eigenvalue weighted by atomic mass is 10.1. The summed E-state index contributed by atoms with van der Waals surface area (Å²) < 4.78 is 37.6.